The molecule has 0 atom stereocenters. The topological polar surface area (TPSA) is 69.0 Å². The summed E-state index contributed by atoms with van der Waals surface area (Å²) in [6, 6.07) is 8.70. The molecule has 0 saturated heterocycles. The lowest BCUT2D eigenvalue weighted by atomic mass is 10.1. The van der Waals surface area contributed by atoms with Crippen molar-refractivity contribution in [1.29, 1.82) is 0 Å². The van der Waals surface area contributed by atoms with Gasteiger partial charge in [0.2, 0.25) is 5.88 Å². The summed E-state index contributed by atoms with van der Waals surface area (Å²) in [5.74, 6) is -0.198. The van der Waals surface area contributed by atoms with Crippen molar-refractivity contribution in [3.05, 3.63) is 70.7 Å². The number of hydrogen-bond donors (Lipinski definition) is 1. The molecule has 6 nitrogen and oxygen atoms in total. The van der Waals surface area contributed by atoms with Gasteiger partial charge in [-0.15, -0.1) is 0 Å². The summed E-state index contributed by atoms with van der Waals surface area (Å²) < 4.78 is 47.2. The number of methoxy groups -OCH3 is 1. The van der Waals surface area contributed by atoms with Crippen molar-refractivity contribution < 1.29 is 22.7 Å². The van der Waals surface area contributed by atoms with Crippen LogP contribution in [0.4, 0.5) is 13.2 Å². The third-order valence-electron chi connectivity index (χ3n) is 4.30. The summed E-state index contributed by atoms with van der Waals surface area (Å²) in [5.41, 5.74) is 1.09. The molecule has 3 aromatic rings. The van der Waals surface area contributed by atoms with Crippen LogP contribution in [0, 0.1) is 13.8 Å². The molecular weight excluding hydrogens is 385 g/mol. The van der Waals surface area contributed by atoms with Crippen molar-refractivity contribution in [3.63, 3.8) is 0 Å². The number of benzene rings is 1. The fourth-order valence-electron chi connectivity index (χ4n) is 2.92. The molecule has 3 rings (SSSR count). The summed E-state index contributed by atoms with van der Waals surface area (Å²) >= 11 is 0. The van der Waals surface area contributed by atoms with Gasteiger partial charge in [0, 0.05) is 24.5 Å². The number of rotatable bonds is 5. The average Bonchev–Trinajstić information content (AvgIpc) is 3.03. The van der Waals surface area contributed by atoms with Crippen molar-refractivity contribution in [2.45, 2.75) is 26.6 Å². The van der Waals surface area contributed by atoms with E-state index in [2.05, 4.69) is 15.4 Å². The Morgan fingerprint density at radius 2 is 1.93 bits per heavy atom. The number of nitrogens with one attached hydrogen (secondary N) is 1. The molecule has 0 unspecified atom stereocenters. The maximum Gasteiger partial charge on any atom is 0.416 e. The molecule has 9 heteroatoms. The number of carbonyl (C=O) groups excluding carboxylic acids is 1. The van der Waals surface area contributed by atoms with E-state index in [9.17, 15) is 18.0 Å². The first-order valence-corrected chi connectivity index (χ1v) is 8.71. The highest BCUT2D eigenvalue weighted by atomic mass is 19.4. The Labute approximate surface area is 165 Å². The minimum absolute atomic E-state index is 0.0439. The summed E-state index contributed by atoms with van der Waals surface area (Å²) in [6.45, 7) is 3.26. The predicted molar refractivity (Wildman–Crippen MR) is 100.0 cm³/mol. The van der Waals surface area contributed by atoms with Crippen molar-refractivity contribution in [2.75, 3.05) is 7.11 Å². The number of alkyl halides is 3. The second-order valence-corrected chi connectivity index (χ2v) is 6.45. The molecule has 152 valence electrons. The SMILES string of the molecule is COc1ccc(C(=O)NCc2ccc(-n3nc(C)cc3C)cc2C(F)(F)F)cn1. The molecule has 0 fully saturated rings. The van der Waals surface area contributed by atoms with Gasteiger partial charge in [-0.05, 0) is 43.7 Å². The van der Waals surface area contributed by atoms with E-state index in [1.54, 1.807) is 26.0 Å². The van der Waals surface area contributed by atoms with Gasteiger partial charge < -0.3 is 10.1 Å². The van der Waals surface area contributed by atoms with Crippen LogP contribution in [0.25, 0.3) is 5.69 Å². The Balaban J connectivity index is 1.84. The molecule has 0 saturated carbocycles. The summed E-state index contributed by atoms with van der Waals surface area (Å²) in [6.07, 6.45) is -3.28. The molecule has 29 heavy (non-hydrogen) atoms. The average molecular weight is 404 g/mol. The van der Waals surface area contributed by atoms with Gasteiger partial charge >= 0.3 is 6.18 Å². The second-order valence-electron chi connectivity index (χ2n) is 6.45. The number of halogens is 3. The molecule has 0 spiro atoms. The standard InChI is InChI=1S/C20H19F3N4O2/c1-12-8-13(2)27(26-12)16-6-4-14(17(9-16)20(21,22)23)10-25-19(28)15-5-7-18(29-3)24-11-15/h4-9,11H,10H2,1-3H3,(H,25,28). The van der Waals surface area contributed by atoms with Gasteiger partial charge in [-0.2, -0.15) is 18.3 Å². The molecule has 0 aliphatic rings. The second kappa shape index (κ2) is 7.94. The molecular formula is C20H19F3N4O2. The number of ether oxygens (including phenoxy) is 1. The molecule has 0 radical (unpaired) electrons. The van der Waals surface area contributed by atoms with Gasteiger partial charge in [-0.1, -0.05) is 6.07 Å². The first-order valence-electron chi connectivity index (χ1n) is 8.71. The zero-order valence-electron chi connectivity index (χ0n) is 16.0. The fraction of sp³-hybridized carbons (Fsp3) is 0.250. The molecule has 1 aromatic carbocycles. The van der Waals surface area contributed by atoms with Crippen LogP contribution < -0.4 is 10.1 Å². The first kappa shape index (κ1) is 20.4. The lowest BCUT2D eigenvalue weighted by Crippen LogP contribution is -2.24. The molecule has 0 aliphatic carbocycles. The van der Waals surface area contributed by atoms with Gasteiger partial charge in [0.15, 0.2) is 0 Å². The van der Waals surface area contributed by atoms with Crippen LogP contribution in [0.1, 0.15) is 32.9 Å². The van der Waals surface area contributed by atoms with Crippen molar-refractivity contribution in [1.82, 2.24) is 20.1 Å². The van der Waals surface area contributed by atoms with E-state index in [0.717, 1.165) is 11.8 Å². The van der Waals surface area contributed by atoms with Crippen LogP contribution in [0.15, 0.2) is 42.6 Å². The number of hydrogen-bond acceptors (Lipinski definition) is 4. The number of nitrogens with zero attached hydrogens (tertiary/aromatic N) is 3. The normalized spacial score (nSPS) is 11.4. The quantitative estimate of drug-likeness (QED) is 0.702. The monoisotopic (exact) mass is 404 g/mol. The van der Waals surface area contributed by atoms with E-state index in [0.29, 0.717) is 17.3 Å². The Hall–Kier alpha value is -3.36. The van der Waals surface area contributed by atoms with Gasteiger partial charge in [-0.25, -0.2) is 9.67 Å². The third kappa shape index (κ3) is 4.56. The first-order chi connectivity index (χ1) is 13.7. The Kier molecular flexibility index (Phi) is 5.58. The van der Waals surface area contributed by atoms with E-state index in [-0.39, 0.29) is 17.7 Å². The highest BCUT2D eigenvalue weighted by molar-refractivity contribution is 5.93. The number of amides is 1. The summed E-state index contributed by atoms with van der Waals surface area (Å²) in [7, 11) is 1.44. The minimum Gasteiger partial charge on any atom is -0.481 e. The van der Waals surface area contributed by atoms with Crippen LogP contribution in [-0.4, -0.2) is 27.8 Å². The van der Waals surface area contributed by atoms with E-state index in [4.69, 9.17) is 4.74 Å². The molecule has 0 aliphatic heterocycles. The van der Waals surface area contributed by atoms with E-state index in [1.807, 2.05) is 0 Å². The Bertz CT molecular complexity index is 1030. The highest BCUT2D eigenvalue weighted by Crippen LogP contribution is 2.33. The van der Waals surface area contributed by atoms with E-state index in [1.165, 1.54) is 36.2 Å². The zero-order valence-corrected chi connectivity index (χ0v) is 16.0. The fourth-order valence-corrected chi connectivity index (χ4v) is 2.92. The molecule has 2 heterocycles. The lowest BCUT2D eigenvalue weighted by Gasteiger charge is -2.16. The van der Waals surface area contributed by atoms with Gasteiger partial charge in [-0.3, -0.25) is 4.79 Å². The predicted octanol–water partition coefficient (Wildman–Crippen LogP) is 3.84. The van der Waals surface area contributed by atoms with E-state index < -0.39 is 17.6 Å². The molecule has 1 N–H and O–H groups in total. The zero-order chi connectivity index (χ0) is 21.2. The maximum atomic E-state index is 13.6. The summed E-state index contributed by atoms with van der Waals surface area (Å²) in [5, 5.41) is 6.72. The lowest BCUT2D eigenvalue weighted by molar-refractivity contribution is -0.138. The number of pyridine rings is 1. The van der Waals surface area contributed by atoms with Crippen LogP contribution in [0.5, 0.6) is 5.88 Å². The third-order valence-corrected chi connectivity index (χ3v) is 4.30. The van der Waals surface area contributed by atoms with Gasteiger partial charge in [0.05, 0.1) is 29.6 Å². The van der Waals surface area contributed by atoms with Crippen molar-refractivity contribution in [3.8, 4) is 11.6 Å². The van der Waals surface area contributed by atoms with E-state index >= 15 is 0 Å². The smallest absolute Gasteiger partial charge is 0.416 e. The van der Waals surface area contributed by atoms with Gasteiger partial charge in [0.1, 0.15) is 0 Å². The minimum atomic E-state index is -4.58. The Morgan fingerprint density at radius 1 is 1.17 bits per heavy atom. The maximum absolute atomic E-state index is 13.6. The van der Waals surface area contributed by atoms with Crippen LogP contribution in [-0.2, 0) is 12.7 Å². The largest absolute Gasteiger partial charge is 0.481 e. The Morgan fingerprint density at radius 3 is 2.48 bits per heavy atom. The number of carbonyl (C=O) groups is 1. The van der Waals surface area contributed by atoms with Crippen LogP contribution in [0.2, 0.25) is 0 Å². The summed E-state index contributed by atoms with van der Waals surface area (Å²) in [4.78, 5) is 16.1. The van der Waals surface area contributed by atoms with Crippen molar-refractivity contribution >= 4 is 5.91 Å². The highest BCUT2D eigenvalue weighted by Gasteiger charge is 2.34. The van der Waals surface area contributed by atoms with Gasteiger partial charge in [0.25, 0.3) is 5.91 Å². The van der Waals surface area contributed by atoms with Crippen molar-refractivity contribution in [2.24, 2.45) is 0 Å². The van der Waals surface area contributed by atoms with Crippen LogP contribution in [0.3, 0.4) is 0 Å². The number of aromatic nitrogens is 3. The van der Waals surface area contributed by atoms with Crippen LogP contribution >= 0.6 is 0 Å². The molecule has 0 bridgehead atoms. The molecule has 2 aromatic heterocycles. The molecule has 1 amide bonds. The number of aryl methyl sites for hydroxylation is 2.